The SMILES string of the molecule is CCOc1cc([C@@H]2C(C(=O)OC)=C(C)NC3=C2C(=O)c2ccccc23)cc(Br)c1OCc1cccc(C)c1. The molecule has 194 valence electrons. The fourth-order valence-electron chi connectivity index (χ4n) is 5.16. The smallest absolute Gasteiger partial charge is 0.336 e. The summed E-state index contributed by atoms with van der Waals surface area (Å²) >= 11 is 3.67. The standard InChI is InChI=1S/C31H28BrNO5/c1-5-37-24-15-20(14-23(32)30(24)38-16-19-10-8-9-17(2)13-19)26-25(31(35)36-4)18(3)33-28-21-11-6-7-12-22(21)29(34)27(26)28/h6-15,26,33H,5,16H2,1-4H3/t26-/m1/s1. The zero-order valence-electron chi connectivity index (χ0n) is 21.7. The molecule has 0 unspecified atom stereocenters. The number of Topliss-reactive ketones (excluding diaryl/α,β-unsaturated/α-hetero) is 1. The molecule has 3 aromatic rings. The van der Waals surface area contributed by atoms with Gasteiger partial charge in [0.05, 0.1) is 29.5 Å². The summed E-state index contributed by atoms with van der Waals surface area (Å²) < 4.78 is 18.0. The summed E-state index contributed by atoms with van der Waals surface area (Å²) in [4.78, 5) is 26.7. The number of aryl methyl sites for hydroxylation is 1. The Labute approximate surface area is 230 Å². The van der Waals surface area contributed by atoms with Crippen LogP contribution in [-0.2, 0) is 16.1 Å². The molecule has 0 saturated carbocycles. The molecule has 0 radical (unpaired) electrons. The van der Waals surface area contributed by atoms with Gasteiger partial charge in [-0.3, -0.25) is 4.79 Å². The molecule has 1 N–H and O–H groups in total. The second-order valence-electron chi connectivity index (χ2n) is 9.29. The molecule has 5 rings (SSSR count). The van der Waals surface area contributed by atoms with Crippen LogP contribution in [0.4, 0.5) is 0 Å². The van der Waals surface area contributed by atoms with Crippen LogP contribution < -0.4 is 14.8 Å². The Bertz CT molecular complexity index is 1520. The van der Waals surface area contributed by atoms with E-state index in [2.05, 4.69) is 27.3 Å². The van der Waals surface area contributed by atoms with E-state index in [1.54, 1.807) is 0 Å². The van der Waals surface area contributed by atoms with E-state index < -0.39 is 11.9 Å². The van der Waals surface area contributed by atoms with Gasteiger partial charge in [-0.05, 0) is 60.0 Å². The zero-order valence-corrected chi connectivity index (χ0v) is 23.3. The maximum Gasteiger partial charge on any atom is 0.336 e. The molecule has 1 heterocycles. The van der Waals surface area contributed by atoms with Crippen molar-refractivity contribution in [2.45, 2.75) is 33.3 Å². The van der Waals surface area contributed by atoms with Gasteiger partial charge < -0.3 is 19.5 Å². The largest absolute Gasteiger partial charge is 0.490 e. The summed E-state index contributed by atoms with van der Waals surface area (Å²) in [5.41, 5.74) is 6.60. The summed E-state index contributed by atoms with van der Waals surface area (Å²) in [5, 5.41) is 3.31. The molecule has 0 saturated heterocycles. The zero-order chi connectivity index (χ0) is 27.0. The van der Waals surface area contributed by atoms with E-state index in [-0.39, 0.29) is 5.78 Å². The Morgan fingerprint density at radius 1 is 1.00 bits per heavy atom. The third kappa shape index (κ3) is 4.52. The topological polar surface area (TPSA) is 73.9 Å². The summed E-state index contributed by atoms with van der Waals surface area (Å²) in [6.07, 6.45) is 0. The first-order valence-corrected chi connectivity index (χ1v) is 13.2. The third-order valence-electron chi connectivity index (χ3n) is 6.78. The third-order valence-corrected chi connectivity index (χ3v) is 7.37. The molecule has 0 fully saturated rings. The number of hydrogen-bond donors (Lipinski definition) is 1. The Balaban J connectivity index is 1.62. The van der Waals surface area contributed by atoms with Gasteiger partial charge in [-0.25, -0.2) is 4.79 Å². The van der Waals surface area contributed by atoms with Crippen molar-refractivity contribution in [3.05, 3.63) is 110 Å². The minimum atomic E-state index is -0.653. The number of carbonyl (C=O) groups excluding carboxylic acids is 2. The maximum atomic E-state index is 13.7. The van der Waals surface area contributed by atoms with Crippen LogP contribution in [0.1, 0.15) is 52.4 Å². The first kappa shape index (κ1) is 25.8. The number of dihydropyridines is 1. The lowest BCUT2D eigenvalue weighted by Gasteiger charge is -2.29. The average Bonchev–Trinajstić information content (AvgIpc) is 3.18. The number of ether oxygens (including phenoxy) is 3. The van der Waals surface area contributed by atoms with Crippen LogP contribution in [-0.4, -0.2) is 25.5 Å². The number of carbonyl (C=O) groups is 2. The number of ketones is 1. The van der Waals surface area contributed by atoms with Crippen molar-refractivity contribution in [2.75, 3.05) is 13.7 Å². The first-order valence-electron chi connectivity index (χ1n) is 12.4. The molecule has 6 nitrogen and oxygen atoms in total. The summed E-state index contributed by atoms with van der Waals surface area (Å²) in [6.45, 7) is 6.55. The quantitative estimate of drug-likeness (QED) is 0.326. The highest BCUT2D eigenvalue weighted by molar-refractivity contribution is 9.10. The van der Waals surface area contributed by atoms with E-state index >= 15 is 0 Å². The van der Waals surface area contributed by atoms with E-state index in [0.29, 0.717) is 51.6 Å². The lowest BCUT2D eigenvalue weighted by Crippen LogP contribution is -2.29. The molecule has 7 heteroatoms. The molecular formula is C31H28BrNO5. The minimum Gasteiger partial charge on any atom is -0.490 e. The number of benzene rings is 3. The van der Waals surface area contributed by atoms with E-state index in [1.807, 2.05) is 75.4 Å². The van der Waals surface area contributed by atoms with E-state index in [4.69, 9.17) is 14.2 Å². The molecule has 0 amide bonds. The van der Waals surface area contributed by atoms with Crippen molar-refractivity contribution in [1.82, 2.24) is 5.32 Å². The number of hydrogen-bond acceptors (Lipinski definition) is 6. The number of esters is 1. The molecule has 3 aromatic carbocycles. The van der Waals surface area contributed by atoms with Crippen molar-refractivity contribution in [3.63, 3.8) is 0 Å². The Morgan fingerprint density at radius 3 is 2.47 bits per heavy atom. The highest BCUT2D eigenvalue weighted by Crippen LogP contribution is 2.49. The van der Waals surface area contributed by atoms with Crippen LogP contribution in [0.3, 0.4) is 0 Å². The van der Waals surface area contributed by atoms with Crippen LogP contribution in [0.2, 0.25) is 0 Å². The van der Waals surface area contributed by atoms with Gasteiger partial charge in [0.1, 0.15) is 6.61 Å². The van der Waals surface area contributed by atoms with Crippen molar-refractivity contribution in [2.24, 2.45) is 0 Å². The molecule has 0 aromatic heterocycles. The van der Waals surface area contributed by atoms with Gasteiger partial charge >= 0.3 is 5.97 Å². The first-order chi connectivity index (χ1) is 18.3. The Kier molecular flexibility index (Phi) is 7.13. The molecule has 38 heavy (non-hydrogen) atoms. The van der Waals surface area contributed by atoms with Gasteiger partial charge in [-0.15, -0.1) is 0 Å². The highest BCUT2D eigenvalue weighted by Gasteiger charge is 2.43. The van der Waals surface area contributed by atoms with E-state index in [9.17, 15) is 9.59 Å². The molecule has 0 spiro atoms. The van der Waals surface area contributed by atoms with Crippen molar-refractivity contribution >= 4 is 33.4 Å². The van der Waals surface area contributed by atoms with Gasteiger partial charge in [0.15, 0.2) is 17.3 Å². The summed E-state index contributed by atoms with van der Waals surface area (Å²) in [7, 11) is 1.35. The lowest BCUT2D eigenvalue weighted by molar-refractivity contribution is -0.136. The fourth-order valence-corrected chi connectivity index (χ4v) is 5.73. The number of rotatable bonds is 7. The van der Waals surface area contributed by atoms with Crippen molar-refractivity contribution < 1.29 is 23.8 Å². The van der Waals surface area contributed by atoms with Crippen LogP contribution in [0, 0.1) is 6.92 Å². The van der Waals surface area contributed by atoms with E-state index in [1.165, 1.54) is 7.11 Å². The number of allylic oxidation sites excluding steroid dienone is 2. The van der Waals surface area contributed by atoms with Crippen LogP contribution in [0.25, 0.3) is 5.70 Å². The summed E-state index contributed by atoms with van der Waals surface area (Å²) in [6, 6.07) is 19.3. The normalized spacial score (nSPS) is 16.1. The molecule has 1 aliphatic heterocycles. The molecule has 0 bridgehead atoms. The lowest BCUT2D eigenvalue weighted by atomic mass is 9.79. The maximum absolute atomic E-state index is 13.7. The average molecular weight is 574 g/mol. The number of nitrogens with one attached hydrogen (secondary N) is 1. The van der Waals surface area contributed by atoms with Crippen LogP contribution in [0.15, 0.2) is 82.0 Å². The Hall–Kier alpha value is -3.84. The Morgan fingerprint density at radius 2 is 1.76 bits per heavy atom. The van der Waals surface area contributed by atoms with Gasteiger partial charge in [0, 0.05) is 28.3 Å². The van der Waals surface area contributed by atoms with Gasteiger partial charge in [0.25, 0.3) is 0 Å². The second-order valence-corrected chi connectivity index (χ2v) is 10.1. The van der Waals surface area contributed by atoms with Gasteiger partial charge in [-0.2, -0.15) is 0 Å². The molecule has 1 atom stereocenters. The molecular weight excluding hydrogens is 546 g/mol. The monoisotopic (exact) mass is 573 g/mol. The second kappa shape index (κ2) is 10.5. The highest BCUT2D eigenvalue weighted by atomic mass is 79.9. The van der Waals surface area contributed by atoms with Crippen molar-refractivity contribution in [1.29, 1.82) is 0 Å². The number of methoxy groups -OCH3 is 1. The van der Waals surface area contributed by atoms with Gasteiger partial charge in [0.2, 0.25) is 0 Å². The van der Waals surface area contributed by atoms with Gasteiger partial charge in [-0.1, -0.05) is 54.1 Å². The fraction of sp³-hybridized carbons (Fsp3) is 0.226. The van der Waals surface area contributed by atoms with Crippen LogP contribution in [0.5, 0.6) is 11.5 Å². The predicted molar refractivity (Wildman–Crippen MR) is 149 cm³/mol. The number of fused-ring (bicyclic) bond motifs is 2. The molecule has 2 aliphatic rings. The molecule has 1 aliphatic carbocycles. The van der Waals surface area contributed by atoms with Crippen LogP contribution >= 0.6 is 15.9 Å². The predicted octanol–water partition coefficient (Wildman–Crippen LogP) is 6.48. The van der Waals surface area contributed by atoms with Crippen molar-refractivity contribution in [3.8, 4) is 11.5 Å². The summed E-state index contributed by atoms with van der Waals surface area (Å²) in [5.74, 6) is -0.184. The van der Waals surface area contributed by atoms with E-state index in [0.717, 1.165) is 28.0 Å². The number of halogens is 1. The minimum absolute atomic E-state index is 0.115.